The van der Waals surface area contributed by atoms with Crippen molar-refractivity contribution in [3.63, 3.8) is 0 Å². The topological polar surface area (TPSA) is 77.8 Å². The first-order valence-corrected chi connectivity index (χ1v) is 5.57. The Morgan fingerprint density at radius 3 is 2.72 bits per heavy atom. The number of nitrogens with zero attached hydrogens (tertiary/aromatic N) is 1. The number of carboxylic acid groups (broad SMARTS) is 2. The molecule has 1 heterocycles. The molecule has 18 heavy (non-hydrogen) atoms. The average molecular weight is 247 g/mol. The predicted octanol–water partition coefficient (Wildman–Crippen LogP) is 1.82. The van der Waals surface area contributed by atoms with Crippen molar-refractivity contribution >= 4 is 18.1 Å². The first-order chi connectivity index (χ1) is 8.58. The number of hydrogen-bond donors (Lipinski definition) is 2. The molecule has 5 heteroatoms. The molecule has 0 radical (unpaired) electrons. The van der Waals surface area contributed by atoms with Gasteiger partial charge in [-0.25, -0.2) is 9.59 Å². The van der Waals surface area contributed by atoms with Crippen molar-refractivity contribution in [2.24, 2.45) is 0 Å². The molecule has 0 saturated carbocycles. The number of carboxylic acids is 1. The summed E-state index contributed by atoms with van der Waals surface area (Å²) in [6, 6.07) is 5.53. The third-order valence-corrected chi connectivity index (χ3v) is 2.98. The van der Waals surface area contributed by atoms with Gasteiger partial charge in [0.2, 0.25) is 0 Å². The molecule has 0 aromatic heterocycles. The SMILES string of the molecule is O=C(O)/C=C/c1cccc2c1CCN(C(=O)O)C2. The Morgan fingerprint density at radius 1 is 1.28 bits per heavy atom. The Hall–Kier alpha value is -2.30. The predicted molar refractivity (Wildman–Crippen MR) is 65.3 cm³/mol. The van der Waals surface area contributed by atoms with Crippen LogP contribution in [-0.2, 0) is 17.8 Å². The van der Waals surface area contributed by atoms with Gasteiger partial charge in [-0.3, -0.25) is 0 Å². The first kappa shape index (κ1) is 12.2. The molecule has 0 spiro atoms. The van der Waals surface area contributed by atoms with Crippen molar-refractivity contribution in [2.45, 2.75) is 13.0 Å². The van der Waals surface area contributed by atoms with Gasteiger partial charge >= 0.3 is 12.1 Å². The molecular weight excluding hydrogens is 234 g/mol. The maximum Gasteiger partial charge on any atom is 0.407 e. The van der Waals surface area contributed by atoms with Gasteiger partial charge in [-0.2, -0.15) is 0 Å². The Bertz CT molecular complexity index is 522. The highest BCUT2D eigenvalue weighted by Crippen LogP contribution is 2.23. The second-order valence-electron chi connectivity index (χ2n) is 4.11. The highest BCUT2D eigenvalue weighted by atomic mass is 16.4. The summed E-state index contributed by atoms with van der Waals surface area (Å²) in [5.74, 6) is -0.990. The van der Waals surface area contributed by atoms with E-state index >= 15 is 0 Å². The number of rotatable bonds is 2. The van der Waals surface area contributed by atoms with Crippen LogP contribution in [0.2, 0.25) is 0 Å². The number of fused-ring (bicyclic) bond motifs is 1. The molecule has 1 aromatic carbocycles. The van der Waals surface area contributed by atoms with Crippen molar-refractivity contribution in [3.8, 4) is 0 Å². The molecule has 94 valence electrons. The third-order valence-electron chi connectivity index (χ3n) is 2.98. The van der Waals surface area contributed by atoms with E-state index in [0.717, 1.165) is 22.8 Å². The molecular formula is C13H13NO4. The van der Waals surface area contributed by atoms with E-state index in [0.29, 0.717) is 19.5 Å². The fourth-order valence-corrected chi connectivity index (χ4v) is 2.12. The zero-order valence-electron chi connectivity index (χ0n) is 9.67. The summed E-state index contributed by atoms with van der Waals surface area (Å²) in [6.07, 6.45) is 2.34. The van der Waals surface area contributed by atoms with Crippen LogP contribution in [0.25, 0.3) is 6.08 Å². The van der Waals surface area contributed by atoms with Gasteiger partial charge in [0, 0.05) is 19.2 Å². The van der Waals surface area contributed by atoms with E-state index in [4.69, 9.17) is 10.2 Å². The van der Waals surface area contributed by atoms with E-state index in [1.807, 2.05) is 18.2 Å². The Labute approximate surface area is 104 Å². The first-order valence-electron chi connectivity index (χ1n) is 5.57. The zero-order valence-corrected chi connectivity index (χ0v) is 9.67. The molecule has 1 aromatic rings. The summed E-state index contributed by atoms with van der Waals surface area (Å²) in [6.45, 7) is 0.805. The lowest BCUT2D eigenvalue weighted by Gasteiger charge is -2.27. The summed E-state index contributed by atoms with van der Waals surface area (Å²) in [7, 11) is 0. The highest BCUT2D eigenvalue weighted by Gasteiger charge is 2.20. The number of amides is 1. The maximum atomic E-state index is 10.9. The minimum Gasteiger partial charge on any atom is -0.478 e. The molecule has 2 N–H and O–H groups in total. The second-order valence-corrected chi connectivity index (χ2v) is 4.11. The van der Waals surface area contributed by atoms with E-state index in [2.05, 4.69) is 0 Å². The Kier molecular flexibility index (Phi) is 3.32. The third kappa shape index (κ3) is 2.51. The fraction of sp³-hybridized carbons (Fsp3) is 0.231. The van der Waals surface area contributed by atoms with Gasteiger partial charge in [0.05, 0.1) is 0 Å². The monoisotopic (exact) mass is 247 g/mol. The summed E-state index contributed by atoms with van der Waals surface area (Å²) in [4.78, 5) is 22.8. The van der Waals surface area contributed by atoms with E-state index in [9.17, 15) is 9.59 Å². The fourth-order valence-electron chi connectivity index (χ4n) is 2.12. The lowest BCUT2D eigenvalue weighted by atomic mass is 9.94. The number of hydrogen-bond acceptors (Lipinski definition) is 2. The number of aliphatic carboxylic acids is 1. The molecule has 0 unspecified atom stereocenters. The second kappa shape index (κ2) is 4.91. The highest BCUT2D eigenvalue weighted by molar-refractivity contribution is 5.85. The normalized spacial score (nSPS) is 14.6. The quantitative estimate of drug-likeness (QED) is 0.781. The van der Waals surface area contributed by atoms with Gasteiger partial charge in [-0.1, -0.05) is 18.2 Å². The van der Waals surface area contributed by atoms with Gasteiger partial charge in [-0.05, 0) is 29.2 Å². The number of benzene rings is 1. The Balaban J connectivity index is 2.30. The molecule has 1 aliphatic heterocycles. The average Bonchev–Trinajstić information content (AvgIpc) is 2.35. The van der Waals surface area contributed by atoms with E-state index in [1.54, 1.807) is 6.08 Å². The number of carbonyl (C=O) groups is 2. The van der Waals surface area contributed by atoms with Crippen molar-refractivity contribution in [1.82, 2.24) is 4.90 Å². The molecule has 0 aliphatic carbocycles. The minimum absolute atomic E-state index is 0.361. The summed E-state index contributed by atoms with van der Waals surface area (Å²) in [5, 5.41) is 17.6. The zero-order chi connectivity index (χ0) is 13.1. The van der Waals surface area contributed by atoms with Crippen LogP contribution in [-0.4, -0.2) is 33.7 Å². The van der Waals surface area contributed by atoms with Gasteiger partial charge in [0.1, 0.15) is 0 Å². The molecule has 2 rings (SSSR count). The maximum absolute atomic E-state index is 10.9. The molecule has 0 fully saturated rings. The van der Waals surface area contributed by atoms with Crippen molar-refractivity contribution in [3.05, 3.63) is 41.0 Å². The summed E-state index contributed by atoms with van der Waals surface area (Å²) in [5.41, 5.74) is 2.82. The lowest BCUT2D eigenvalue weighted by Crippen LogP contribution is -2.35. The van der Waals surface area contributed by atoms with Crippen molar-refractivity contribution in [2.75, 3.05) is 6.54 Å². The van der Waals surface area contributed by atoms with E-state index in [-0.39, 0.29) is 0 Å². The standard InChI is InChI=1S/C13H13NO4/c15-12(16)5-4-9-2-1-3-10-8-14(13(17)18)7-6-11(9)10/h1-5H,6-8H2,(H,15,16)(H,17,18)/b5-4+. The van der Waals surface area contributed by atoms with Gasteiger partial charge in [0.25, 0.3) is 0 Å². The minimum atomic E-state index is -0.990. The van der Waals surface area contributed by atoms with Crippen LogP contribution in [0.3, 0.4) is 0 Å². The smallest absolute Gasteiger partial charge is 0.407 e. The molecule has 1 amide bonds. The van der Waals surface area contributed by atoms with Crippen LogP contribution < -0.4 is 0 Å². The van der Waals surface area contributed by atoms with E-state index in [1.165, 1.54) is 4.90 Å². The van der Waals surface area contributed by atoms with Crippen LogP contribution >= 0.6 is 0 Å². The van der Waals surface area contributed by atoms with Crippen LogP contribution in [0, 0.1) is 0 Å². The van der Waals surface area contributed by atoms with Gasteiger partial charge in [-0.15, -0.1) is 0 Å². The van der Waals surface area contributed by atoms with Gasteiger partial charge in [0.15, 0.2) is 0 Å². The van der Waals surface area contributed by atoms with Gasteiger partial charge < -0.3 is 15.1 Å². The largest absolute Gasteiger partial charge is 0.478 e. The lowest BCUT2D eigenvalue weighted by molar-refractivity contribution is -0.131. The molecule has 0 bridgehead atoms. The van der Waals surface area contributed by atoms with E-state index < -0.39 is 12.1 Å². The molecule has 0 saturated heterocycles. The van der Waals surface area contributed by atoms with Crippen LogP contribution in [0.4, 0.5) is 4.79 Å². The van der Waals surface area contributed by atoms with Crippen molar-refractivity contribution < 1.29 is 19.8 Å². The van der Waals surface area contributed by atoms with Crippen LogP contribution in [0.15, 0.2) is 24.3 Å². The summed E-state index contributed by atoms with van der Waals surface area (Å²) >= 11 is 0. The van der Waals surface area contributed by atoms with Crippen LogP contribution in [0.1, 0.15) is 16.7 Å². The van der Waals surface area contributed by atoms with Crippen molar-refractivity contribution in [1.29, 1.82) is 0 Å². The molecule has 1 aliphatic rings. The van der Waals surface area contributed by atoms with Crippen LogP contribution in [0.5, 0.6) is 0 Å². The molecule has 0 atom stereocenters. The molecule has 5 nitrogen and oxygen atoms in total. The Morgan fingerprint density at radius 2 is 2.06 bits per heavy atom. The summed E-state index contributed by atoms with van der Waals surface area (Å²) < 4.78 is 0.